The number of hydrogen-bond acceptors (Lipinski definition) is 7. The van der Waals surface area contributed by atoms with Crippen molar-refractivity contribution in [1.82, 2.24) is 10.3 Å². The number of aromatic nitrogens is 1. The number of primary amides is 1. The van der Waals surface area contributed by atoms with Crippen LogP contribution in [0, 0.1) is 18.3 Å². The number of benzene rings is 2. The zero-order valence-electron chi connectivity index (χ0n) is 18.6. The van der Waals surface area contributed by atoms with Gasteiger partial charge in [0.05, 0.1) is 7.11 Å². The first-order chi connectivity index (χ1) is 16.5. The van der Waals surface area contributed by atoms with E-state index in [9.17, 15) is 10.1 Å². The van der Waals surface area contributed by atoms with Crippen molar-refractivity contribution in [2.75, 3.05) is 20.4 Å². The molecule has 9 nitrogen and oxygen atoms in total. The fourth-order valence-electron chi connectivity index (χ4n) is 3.52. The van der Waals surface area contributed by atoms with Gasteiger partial charge < -0.3 is 30.0 Å². The first kappa shape index (κ1) is 22.5. The number of ether oxygens (including phenoxy) is 4. The summed E-state index contributed by atoms with van der Waals surface area (Å²) in [5, 5.41) is 12.6. The first-order valence-electron chi connectivity index (χ1n) is 10.4. The van der Waals surface area contributed by atoms with Crippen molar-refractivity contribution in [3.05, 3.63) is 65.4 Å². The fourth-order valence-corrected chi connectivity index (χ4v) is 3.52. The predicted molar refractivity (Wildman–Crippen MR) is 125 cm³/mol. The number of hydrogen-bond donors (Lipinski definition) is 2. The lowest BCUT2D eigenvalue weighted by Crippen LogP contribution is -2.29. The third kappa shape index (κ3) is 4.71. The van der Waals surface area contributed by atoms with Crippen LogP contribution in [-0.2, 0) is 0 Å². The average Bonchev–Trinajstić information content (AvgIpc) is 3.30. The molecule has 4 rings (SSSR count). The maximum atomic E-state index is 11.0. The van der Waals surface area contributed by atoms with Crippen molar-refractivity contribution in [2.45, 2.75) is 6.92 Å². The van der Waals surface area contributed by atoms with Crippen molar-refractivity contribution in [3.63, 3.8) is 0 Å². The highest BCUT2D eigenvalue weighted by Crippen LogP contribution is 2.40. The standard InChI is InChI=1S/C25H22N4O5/c1-15-19(4-3-11-28-25(27)30)23(16-5-7-17(31-2)8-6-16)20(13-26)24(29-15)34-18-9-10-21-22(12-18)33-14-32-21/h3-10,12H,11,14H2,1-2H3,(H3,27,28,30). The number of urea groups is 1. The Labute approximate surface area is 196 Å². The number of rotatable bonds is 7. The van der Waals surface area contributed by atoms with Crippen LogP contribution >= 0.6 is 0 Å². The molecule has 0 fully saturated rings. The Kier molecular flexibility index (Phi) is 6.50. The maximum absolute atomic E-state index is 11.0. The highest BCUT2D eigenvalue weighted by molar-refractivity contribution is 5.83. The normalized spacial score (nSPS) is 11.8. The summed E-state index contributed by atoms with van der Waals surface area (Å²) < 4.78 is 22.1. The molecule has 0 radical (unpaired) electrons. The number of nitrogens with zero attached hydrogens (tertiary/aromatic N) is 2. The van der Waals surface area contributed by atoms with E-state index in [1.54, 1.807) is 37.5 Å². The maximum Gasteiger partial charge on any atom is 0.312 e. The van der Waals surface area contributed by atoms with Gasteiger partial charge in [-0.1, -0.05) is 24.3 Å². The number of methoxy groups -OCH3 is 1. The van der Waals surface area contributed by atoms with Gasteiger partial charge in [0.2, 0.25) is 12.7 Å². The molecule has 1 aliphatic heterocycles. The lowest BCUT2D eigenvalue weighted by Gasteiger charge is -2.16. The smallest absolute Gasteiger partial charge is 0.312 e. The van der Waals surface area contributed by atoms with E-state index in [2.05, 4.69) is 16.4 Å². The quantitative estimate of drug-likeness (QED) is 0.544. The predicted octanol–water partition coefficient (Wildman–Crippen LogP) is 4.14. The van der Waals surface area contributed by atoms with Gasteiger partial charge in [0.1, 0.15) is 23.1 Å². The number of carbonyl (C=O) groups excluding carboxylic acids is 1. The summed E-state index contributed by atoms with van der Waals surface area (Å²) in [6.07, 6.45) is 3.53. The molecule has 3 N–H and O–H groups in total. The fraction of sp³-hybridized carbons (Fsp3) is 0.160. The molecule has 0 spiro atoms. The SMILES string of the molecule is COc1ccc(-c2c(C#N)c(Oc3ccc4c(c3)OCO4)nc(C)c2C=CCNC(N)=O)cc1. The summed E-state index contributed by atoms with van der Waals surface area (Å²) in [7, 11) is 1.59. The average molecular weight is 458 g/mol. The Morgan fingerprint density at radius 2 is 1.94 bits per heavy atom. The van der Waals surface area contributed by atoms with Crippen LogP contribution < -0.4 is 30.0 Å². The van der Waals surface area contributed by atoms with Crippen LogP contribution in [-0.4, -0.2) is 31.5 Å². The number of carbonyl (C=O) groups is 1. The largest absolute Gasteiger partial charge is 0.497 e. The summed E-state index contributed by atoms with van der Waals surface area (Å²) in [6.45, 7) is 2.20. The van der Waals surface area contributed by atoms with Crippen molar-refractivity contribution in [3.8, 4) is 46.1 Å². The minimum atomic E-state index is -0.625. The van der Waals surface area contributed by atoms with E-state index in [4.69, 9.17) is 24.7 Å². The molecule has 2 amide bonds. The second-order valence-electron chi connectivity index (χ2n) is 7.27. The first-order valence-corrected chi connectivity index (χ1v) is 10.4. The van der Waals surface area contributed by atoms with Crippen LogP contribution in [0.4, 0.5) is 4.79 Å². The van der Waals surface area contributed by atoms with Crippen LogP contribution in [0.3, 0.4) is 0 Å². The summed E-state index contributed by atoms with van der Waals surface area (Å²) in [4.78, 5) is 15.6. The molecule has 172 valence electrons. The minimum absolute atomic E-state index is 0.146. The molecule has 9 heteroatoms. The number of pyridine rings is 1. The van der Waals surface area contributed by atoms with Gasteiger partial charge in [0.15, 0.2) is 11.5 Å². The van der Waals surface area contributed by atoms with E-state index < -0.39 is 6.03 Å². The molecule has 3 aromatic rings. The Morgan fingerprint density at radius 3 is 2.65 bits per heavy atom. The van der Waals surface area contributed by atoms with E-state index in [0.717, 1.165) is 5.56 Å². The molecule has 0 aliphatic carbocycles. The second-order valence-corrected chi connectivity index (χ2v) is 7.27. The van der Waals surface area contributed by atoms with E-state index >= 15 is 0 Å². The Hall–Kier alpha value is -4.71. The molecule has 2 heterocycles. The zero-order valence-corrected chi connectivity index (χ0v) is 18.6. The Morgan fingerprint density at radius 1 is 1.21 bits per heavy atom. The summed E-state index contributed by atoms with van der Waals surface area (Å²) in [5.74, 6) is 2.50. The van der Waals surface area contributed by atoms with Gasteiger partial charge in [0, 0.05) is 29.4 Å². The molecule has 0 saturated carbocycles. The van der Waals surface area contributed by atoms with Crippen molar-refractivity contribution in [1.29, 1.82) is 5.26 Å². The van der Waals surface area contributed by atoms with Crippen LogP contribution in [0.2, 0.25) is 0 Å². The molecule has 1 aliphatic rings. The third-order valence-corrected chi connectivity index (χ3v) is 5.12. The molecular weight excluding hydrogens is 436 g/mol. The zero-order chi connectivity index (χ0) is 24.1. The highest BCUT2D eigenvalue weighted by Gasteiger charge is 2.21. The van der Waals surface area contributed by atoms with Gasteiger partial charge in [-0.15, -0.1) is 0 Å². The van der Waals surface area contributed by atoms with E-state index in [-0.39, 0.29) is 24.8 Å². The van der Waals surface area contributed by atoms with Gasteiger partial charge in [-0.25, -0.2) is 9.78 Å². The monoisotopic (exact) mass is 458 g/mol. The molecule has 2 aromatic carbocycles. The minimum Gasteiger partial charge on any atom is -0.497 e. The number of aryl methyl sites for hydroxylation is 1. The number of nitrogens with one attached hydrogen (secondary N) is 1. The summed E-state index contributed by atoms with van der Waals surface area (Å²) in [6, 6.07) is 14.1. The number of amides is 2. The number of nitrogens with two attached hydrogens (primary N) is 1. The van der Waals surface area contributed by atoms with Gasteiger partial charge in [-0.2, -0.15) is 5.26 Å². The molecule has 0 unspecified atom stereocenters. The van der Waals surface area contributed by atoms with E-state index in [1.807, 2.05) is 31.2 Å². The molecule has 1 aromatic heterocycles. The molecule has 0 bridgehead atoms. The van der Waals surface area contributed by atoms with Crippen molar-refractivity contribution < 1.29 is 23.7 Å². The van der Waals surface area contributed by atoms with Crippen molar-refractivity contribution >= 4 is 12.1 Å². The Bertz CT molecular complexity index is 1300. The summed E-state index contributed by atoms with van der Waals surface area (Å²) in [5.41, 5.74) is 8.17. The highest BCUT2D eigenvalue weighted by atomic mass is 16.7. The van der Waals surface area contributed by atoms with Crippen LogP contribution in [0.15, 0.2) is 48.5 Å². The third-order valence-electron chi connectivity index (χ3n) is 5.12. The molecule has 0 saturated heterocycles. The van der Waals surface area contributed by atoms with Crippen LogP contribution in [0.1, 0.15) is 16.8 Å². The lowest BCUT2D eigenvalue weighted by atomic mass is 9.94. The van der Waals surface area contributed by atoms with Gasteiger partial charge in [0.25, 0.3) is 0 Å². The Balaban J connectivity index is 1.80. The van der Waals surface area contributed by atoms with Crippen molar-refractivity contribution in [2.24, 2.45) is 5.73 Å². The topological polar surface area (TPSA) is 129 Å². The van der Waals surface area contributed by atoms with Crippen LogP contribution in [0.5, 0.6) is 28.9 Å². The van der Waals surface area contributed by atoms with E-state index in [0.29, 0.717) is 39.8 Å². The van der Waals surface area contributed by atoms with Gasteiger partial charge in [-0.3, -0.25) is 0 Å². The van der Waals surface area contributed by atoms with E-state index in [1.165, 1.54) is 0 Å². The van der Waals surface area contributed by atoms with Crippen LogP contribution in [0.25, 0.3) is 17.2 Å². The lowest BCUT2D eigenvalue weighted by molar-refractivity contribution is 0.174. The molecule has 0 atom stereocenters. The summed E-state index contributed by atoms with van der Waals surface area (Å²) >= 11 is 0. The number of fused-ring (bicyclic) bond motifs is 1. The second kappa shape index (κ2) is 9.83. The number of nitriles is 1. The van der Waals surface area contributed by atoms with Gasteiger partial charge in [-0.05, 0) is 36.8 Å². The van der Waals surface area contributed by atoms with Gasteiger partial charge >= 0.3 is 6.03 Å². The molecule has 34 heavy (non-hydrogen) atoms. The molecular formula is C25H22N4O5.